The lowest BCUT2D eigenvalue weighted by atomic mass is 9.73. The molecule has 2 fully saturated rings. The van der Waals surface area contributed by atoms with Crippen LogP contribution in [0.15, 0.2) is 29.2 Å². The van der Waals surface area contributed by atoms with Gasteiger partial charge in [0.15, 0.2) is 0 Å². The molecular formula is C20H28FNO5S. The van der Waals surface area contributed by atoms with Crippen LogP contribution in [0.25, 0.3) is 0 Å². The maximum atomic E-state index is 13.5. The molecule has 0 radical (unpaired) electrons. The summed E-state index contributed by atoms with van der Waals surface area (Å²) in [6.07, 6.45) is 4.32. The smallest absolute Gasteiger partial charge is 0.312 e. The zero-order chi connectivity index (χ0) is 20.2. The van der Waals surface area contributed by atoms with Crippen LogP contribution in [-0.4, -0.2) is 51.1 Å². The highest BCUT2D eigenvalue weighted by molar-refractivity contribution is 7.89. The minimum atomic E-state index is -3.80. The van der Waals surface area contributed by atoms with Crippen molar-refractivity contribution in [3.05, 3.63) is 30.1 Å². The van der Waals surface area contributed by atoms with E-state index in [1.807, 2.05) is 0 Å². The first-order valence-electron chi connectivity index (χ1n) is 9.92. The minimum Gasteiger partial charge on any atom is -0.466 e. The summed E-state index contributed by atoms with van der Waals surface area (Å²) >= 11 is 0. The van der Waals surface area contributed by atoms with Crippen molar-refractivity contribution < 1.29 is 27.1 Å². The fraction of sp³-hybridized carbons (Fsp3) is 0.650. The van der Waals surface area contributed by atoms with Crippen LogP contribution >= 0.6 is 0 Å². The van der Waals surface area contributed by atoms with Crippen molar-refractivity contribution in [2.24, 2.45) is 5.41 Å². The van der Waals surface area contributed by atoms with Crippen molar-refractivity contribution in [3.8, 4) is 0 Å². The van der Waals surface area contributed by atoms with E-state index in [0.29, 0.717) is 25.9 Å². The van der Waals surface area contributed by atoms with E-state index in [4.69, 9.17) is 9.47 Å². The van der Waals surface area contributed by atoms with Gasteiger partial charge in [0.2, 0.25) is 10.0 Å². The molecule has 0 amide bonds. The van der Waals surface area contributed by atoms with E-state index < -0.39 is 21.3 Å². The Hall–Kier alpha value is -1.51. The van der Waals surface area contributed by atoms with Crippen LogP contribution in [0.3, 0.4) is 0 Å². The monoisotopic (exact) mass is 413 g/mol. The Labute approximate surface area is 166 Å². The van der Waals surface area contributed by atoms with Crippen molar-refractivity contribution in [1.82, 2.24) is 4.31 Å². The number of sulfonamides is 1. The van der Waals surface area contributed by atoms with Gasteiger partial charge in [0, 0.05) is 19.7 Å². The quantitative estimate of drug-likeness (QED) is 0.670. The lowest BCUT2D eigenvalue weighted by molar-refractivity contribution is -0.162. The van der Waals surface area contributed by atoms with Crippen LogP contribution in [0.4, 0.5) is 4.39 Å². The van der Waals surface area contributed by atoms with Crippen LogP contribution < -0.4 is 0 Å². The van der Waals surface area contributed by atoms with Gasteiger partial charge in [0.05, 0.1) is 23.0 Å². The molecule has 0 aromatic heterocycles. The van der Waals surface area contributed by atoms with Crippen LogP contribution in [0.2, 0.25) is 0 Å². The third kappa shape index (κ3) is 4.55. The summed E-state index contributed by atoms with van der Waals surface area (Å²) in [5.74, 6) is -0.861. The van der Waals surface area contributed by atoms with Crippen molar-refractivity contribution in [2.75, 3.05) is 26.3 Å². The molecule has 2 saturated heterocycles. The molecule has 1 atom stereocenters. The van der Waals surface area contributed by atoms with Gasteiger partial charge in [0.1, 0.15) is 5.82 Å². The average molecular weight is 414 g/mol. The molecule has 0 aliphatic carbocycles. The number of hydrogen-bond acceptors (Lipinski definition) is 5. The number of rotatable bonds is 6. The summed E-state index contributed by atoms with van der Waals surface area (Å²) in [4.78, 5) is 12.7. The van der Waals surface area contributed by atoms with Crippen molar-refractivity contribution in [2.45, 2.75) is 56.4 Å². The van der Waals surface area contributed by atoms with E-state index in [1.54, 1.807) is 6.92 Å². The van der Waals surface area contributed by atoms with Gasteiger partial charge in [-0.3, -0.25) is 4.79 Å². The molecule has 0 unspecified atom stereocenters. The Kier molecular flexibility index (Phi) is 6.73. The lowest BCUT2D eigenvalue weighted by Gasteiger charge is -2.41. The predicted octanol–water partition coefficient (Wildman–Crippen LogP) is 3.12. The number of benzene rings is 1. The number of carbonyl (C=O) groups is 1. The molecule has 2 aliphatic heterocycles. The average Bonchev–Trinajstić information content (AvgIpc) is 2.69. The number of halogens is 1. The highest BCUT2D eigenvalue weighted by Crippen LogP contribution is 2.41. The molecule has 156 valence electrons. The molecule has 2 aliphatic rings. The van der Waals surface area contributed by atoms with E-state index in [-0.39, 0.29) is 36.7 Å². The van der Waals surface area contributed by atoms with Crippen molar-refractivity contribution in [1.29, 1.82) is 0 Å². The number of esters is 1. The second-order valence-electron chi connectivity index (χ2n) is 7.55. The van der Waals surface area contributed by atoms with Gasteiger partial charge >= 0.3 is 5.97 Å². The van der Waals surface area contributed by atoms with Gasteiger partial charge in [-0.15, -0.1) is 0 Å². The Morgan fingerprint density at radius 3 is 2.68 bits per heavy atom. The molecule has 1 aromatic carbocycles. The molecular weight excluding hydrogens is 385 g/mol. The zero-order valence-corrected chi connectivity index (χ0v) is 17.0. The van der Waals surface area contributed by atoms with Crippen LogP contribution in [-0.2, 0) is 24.3 Å². The summed E-state index contributed by atoms with van der Waals surface area (Å²) in [5.41, 5.74) is -0.730. The van der Waals surface area contributed by atoms with Gasteiger partial charge in [-0.2, -0.15) is 4.31 Å². The minimum absolute atomic E-state index is 0.00420. The molecule has 0 saturated carbocycles. The first kappa shape index (κ1) is 21.2. The summed E-state index contributed by atoms with van der Waals surface area (Å²) in [7, 11) is -3.80. The molecule has 0 N–H and O–H groups in total. The number of nitrogens with zero attached hydrogens (tertiary/aromatic N) is 1. The third-order valence-electron chi connectivity index (χ3n) is 5.71. The van der Waals surface area contributed by atoms with E-state index in [0.717, 1.165) is 25.3 Å². The first-order valence-corrected chi connectivity index (χ1v) is 11.4. The number of carbonyl (C=O) groups excluding carboxylic acids is 1. The molecule has 1 aromatic rings. The highest BCUT2D eigenvalue weighted by atomic mass is 32.2. The zero-order valence-electron chi connectivity index (χ0n) is 16.2. The fourth-order valence-electron chi connectivity index (χ4n) is 4.11. The van der Waals surface area contributed by atoms with E-state index in [9.17, 15) is 17.6 Å². The van der Waals surface area contributed by atoms with Gasteiger partial charge < -0.3 is 9.47 Å². The maximum Gasteiger partial charge on any atom is 0.312 e. The van der Waals surface area contributed by atoms with Crippen molar-refractivity contribution in [3.63, 3.8) is 0 Å². The Balaban J connectivity index is 1.75. The fourth-order valence-corrected chi connectivity index (χ4v) is 5.58. The summed E-state index contributed by atoms with van der Waals surface area (Å²) in [6.45, 7) is 3.15. The first-order chi connectivity index (χ1) is 13.4. The van der Waals surface area contributed by atoms with Gasteiger partial charge in [-0.1, -0.05) is 6.07 Å². The Morgan fingerprint density at radius 2 is 2.07 bits per heavy atom. The number of hydrogen-bond donors (Lipinski definition) is 0. The van der Waals surface area contributed by atoms with E-state index in [2.05, 4.69) is 0 Å². The lowest BCUT2D eigenvalue weighted by Crippen LogP contribution is -2.48. The second-order valence-corrected chi connectivity index (χ2v) is 9.49. The van der Waals surface area contributed by atoms with Gasteiger partial charge in [-0.25, -0.2) is 12.8 Å². The van der Waals surface area contributed by atoms with E-state index in [1.165, 1.54) is 22.5 Å². The summed E-state index contributed by atoms with van der Waals surface area (Å²) in [6, 6.07) is 5.01. The number of ether oxygens (including phenoxy) is 2. The normalized spacial score (nSPS) is 23.3. The molecule has 6 nitrogen and oxygen atoms in total. The molecule has 0 bridgehead atoms. The topological polar surface area (TPSA) is 72.9 Å². The van der Waals surface area contributed by atoms with Crippen LogP contribution in [0.5, 0.6) is 0 Å². The van der Waals surface area contributed by atoms with Gasteiger partial charge in [0.25, 0.3) is 0 Å². The number of piperidine rings is 1. The Morgan fingerprint density at radius 1 is 1.32 bits per heavy atom. The third-order valence-corrected chi connectivity index (χ3v) is 7.61. The second kappa shape index (κ2) is 8.88. The maximum absolute atomic E-state index is 13.5. The van der Waals surface area contributed by atoms with Gasteiger partial charge in [-0.05, 0) is 63.6 Å². The van der Waals surface area contributed by atoms with Crippen LogP contribution in [0, 0.1) is 11.2 Å². The van der Waals surface area contributed by atoms with E-state index >= 15 is 0 Å². The largest absolute Gasteiger partial charge is 0.466 e. The van der Waals surface area contributed by atoms with Crippen LogP contribution in [0.1, 0.15) is 45.4 Å². The molecule has 2 heterocycles. The molecule has 8 heteroatoms. The standard InChI is InChI=1S/C20H28FNO5S/c1-2-26-19(23)20(15-17-7-3-4-13-27-17)9-11-22(12-10-20)28(24,25)18-8-5-6-16(21)14-18/h5-6,8,14,17H,2-4,7,9-13,15H2,1H3/t17-/m1/s1. The molecule has 0 spiro atoms. The summed E-state index contributed by atoms with van der Waals surface area (Å²) < 4.78 is 51.7. The summed E-state index contributed by atoms with van der Waals surface area (Å²) in [5, 5.41) is 0. The molecule has 3 rings (SSSR count). The Bertz CT molecular complexity index is 784. The SMILES string of the molecule is CCOC(=O)C1(C[C@H]2CCCCO2)CCN(S(=O)(=O)c2cccc(F)c2)CC1. The highest BCUT2D eigenvalue weighted by Gasteiger charge is 2.46. The predicted molar refractivity (Wildman–Crippen MR) is 102 cm³/mol. The molecule has 28 heavy (non-hydrogen) atoms. The van der Waals surface area contributed by atoms with Crippen molar-refractivity contribution >= 4 is 16.0 Å².